The predicted octanol–water partition coefficient (Wildman–Crippen LogP) is 7.93. The standard InChI is InChI=1S/C25H50O7.C13H25N/c1-11-22(3,4)21(31-19(2)28)25(9,10)20(18-29-17-15-27)32-24(7,8)13-16-30-23(5,6)12-14-26;1-11-9-7-6-8-10-14(11)12(2)13(3,4)5/h20-21,26-27H,11-18H2,1-10H3;12H,1,6-10H2,2-5H3. The Hall–Kier alpha value is -1.19. The Morgan fingerprint density at radius 1 is 0.891 bits per heavy atom. The SMILES string of the molecule is C=C1CCCCCN1C(C)C(C)(C)C.CCC(C)(C)C(OC(C)=O)C(C)(C)C(COCCO)OC(C)(C)CCOC(C)(C)CCO. The summed E-state index contributed by atoms with van der Waals surface area (Å²) < 4.78 is 24.1. The number of rotatable bonds is 18. The summed E-state index contributed by atoms with van der Waals surface area (Å²) in [6.07, 6.45) is 6.48. The minimum Gasteiger partial charge on any atom is -0.461 e. The Balaban J connectivity index is 0.00000119. The number of aliphatic hydroxyl groups excluding tert-OH is 2. The second-order valence-electron chi connectivity index (χ2n) is 16.8. The number of esters is 1. The largest absolute Gasteiger partial charge is 0.461 e. The molecule has 0 bridgehead atoms. The third-order valence-corrected chi connectivity index (χ3v) is 9.78. The van der Waals surface area contributed by atoms with Crippen molar-refractivity contribution in [2.24, 2.45) is 16.2 Å². The fourth-order valence-electron chi connectivity index (χ4n) is 5.88. The number of ether oxygens (including phenoxy) is 4. The monoisotopic (exact) mass is 658 g/mol. The first-order valence-corrected chi connectivity index (χ1v) is 17.7. The Morgan fingerprint density at radius 2 is 1.50 bits per heavy atom. The molecule has 3 unspecified atom stereocenters. The minimum atomic E-state index is -0.561. The first kappa shape index (κ1) is 44.8. The Kier molecular flexibility index (Phi) is 19.2. The van der Waals surface area contributed by atoms with Gasteiger partial charge >= 0.3 is 5.97 Å². The van der Waals surface area contributed by atoms with Crippen LogP contribution in [-0.2, 0) is 23.7 Å². The molecule has 0 aliphatic carbocycles. The van der Waals surface area contributed by atoms with E-state index in [2.05, 4.69) is 59.9 Å². The second kappa shape index (κ2) is 19.7. The van der Waals surface area contributed by atoms with Gasteiger partial charge in [0.1, 0.15) is 6.10 Å². The molecule has 1 heterocycles. The van der Waals surface area contributed by atoms with Crippen molar-refractivity contribution in [3.63, 3.8) is 0 Å². The summed E-state index contributed by atoms with van der Waals surface area (Å²) in [5.41, 5.74) is -0.0572. The number of carbonyl (C=O) groups is 1. The van der Waals surface area contributed by atoms with Crippen molar-refractivity contribution >= 4 is 5.97 Å². The highest BCUT2D eigenvalue weighted by atomic mass is 16.6. The summed E-state index contributed by atoms with van der Waals surface area (Å²) >= 11 is 0. The van der Waals surface area contributed by atoms with Crippen molar-refractivity contribution in [1.29, 1.82) is 0 Å². The first-order chi connectivity index (χ1) is 21.0. The van der Waals surface area contributed by atoms with E-state index in [-0.39, 0.29) is 43.9 Å². The van der Waals surface area contributed by atoms with Crippen molar-refractivity contribution in [3.05, 3.63) is 12.3 Å². The van der Waals surface area contributed by atoms with E-state index in [0.29, 0.717) is 30.9 Å². The highest BCUT2D eigenvalue weighted by Gasteiger charge is 2.49. The van der Waals surface area contributed by atoms with E-state index in [1.54, 1.807) is 0 Å². The van der Waals surface area contributed by atoms with Gasteiger partial charge in [-0.25, -0.2) is 0 Å². The van der Waals surface area contributed by atoms with E-state index < -0.39 is 22.7 Å². The zero-order valence-corrected chi connectivity index (χ0v) is 32.5. The van der Waals surface area contributed by atoms with E-state index in [0.717, 1.165) is 6.42 Å². The van der Waals surface area contributed by atoms with Crippen LogP contribution in [0.1, 0.15) is 142 Å². The molecule has 0 spiro atoms. The van der Waals surface area contributed by atoms with Gasteiger partial charge in [0.15, 0.2) is 0 Å². The molecule has 1 fully saturated rings. The van der Waals surface area contributed by atoms with Crippen LogP contribution in [0.25, 0.3) is 0 Å². The molecule has 1 rings (SSSR count). The number of likely N-dealkylation sites (tertiary alicyclic amines) is 1. The molecule has 46 heavy (non-hydrogen) atoms. The maximum absolute atomic E-state index is 12.0. The molecule has 0 aromatic rings. The van der Waals surface area contributed by atoms with Crippen LogP contribution in [0.4, 0.5) is 0 Å². The van der Waals surface area contributed by atoms with Crippen LogP contribution >= 0.6 is 0 Å². The fourth-order valence-corrected chi connectivity index (χ4v) is 5.88. The van der Waals surface area contributed by atoms with Gasteiger partial charge < -0.3 is 34.1 Å². The quantitative estimate of drug-likeness (QED) is 0.113. The lowest BCUT2D eigenvalue weighted by Crippen LogP contribution is -2.54. The van der Waals surface area contributed by atoms with Gasteiger partial charge in [-0.3, -0.25) is 4.79 Å². The third kappa shape index (κ3) is 16.3. The van der Waals surface area contributed by atoms with Gasteiger partial charge in [-0.1, -0.05) is 68.4 Å². The molecule has 1 saturated heterocycles. The maximum Gasteiger partial charge on any atom is 0.302 e. The van der Waals surface area contributed by atoms with Crippen LogP contribution in [0.5, 0.6) is 0 Å². The lowest BCUT2D eigenvalue weighted by Gasteiger charge is -2.48. The molecule has 8 heteroatoms. The average Bonchev–Trinajstić information content (AvgIpc) is 3.14. The Bertz CT molecular complexity index is 875. The molecular weight excluding hydrogens is 582 g/mol. The van der Waals surface area contributed by atoms with Gasteiger partial charge in [0.05, 0.1) is 43.7 Å². The number of hydrogen-bond donors (Lipinski definition) is 2. The van der Waals surface area contributed by atoms with Crippen LogP contribution in [0.15, 0.2) is 12.3 Å². The molecule has 2 N–H and O–H groups in total. The zero-order chi connectivity index (χ0) is 36.0. The Morgan fingerprint density at radius 3 is 2.00 bits per heavy atom. The number of carbonyl (C=O) groups excluding carboxylic acids is 1. The van der Waals surface area contributed by atoms with Crippen LogP contribution < -0.4 is 0 Å². The summed E-state index contributed by atoms with van der Waals surface area (Å²) in [5, 5.41) is 18.4. The van der Waals surface area contributed by atoms with Gasteiger partial charge in [0.2, 0.25) is 0 Å². The molecule has 0 aromatic heterocycles. The van der Waals surface area contributed by atoms with Crippen molar-refractivity contribution in [3.8, 4) is 0 Å². The molecule has 1 aliphatic heterocycles. The van der Waals surface area contributed by atoms with Gasteiger partial charge in [-0.05, 0) is 78.6 Å². The van der Waals surface area contributed by atoms with E-state index >= 15 is 0 Å². The minimum absolute atomic E-state index is 0.0713. The summed E-state index contributed by atoms with van der Waals surface area (Å²) in [5.74, 6) is -0.321. The summed E-state index contributed by atoms with van der Waals surface area (Å²) in [6, 6.07) is 0.605. The van der Waals surface area contributed by atoms with Crippen molar-refractivity contribution in [2.75, 3.05) is 39.6 Å². The molecule has 0 aromatic carbocycles. The lowest BCUT2D eigenvalue weighted by atomic mass is 9.67. The van der Waals surface area contributed by atoms with Gasteiger partial charge in [0, 0.05) is 42.6 Å². The first-order valence-electron chi connectivity index (χ1n) is 17.7. The molecular formula is C38H75NO7. The summed E-state index contributed by atoms with van der Waals surface area (Å²) in [4.78, 5) is 14.5. The highest BCUT2D eigenvalue weighted by molar-refractivity contribution is 5.66. The molecule has 1 aliphatic rings. The van der Waals surface area contributed by atoms with Gasteiger partial charge in [-0.15, -0.1) is 0 Å². The lowest BCUT2D eigenvalue weighted by molar-refractivity contribution is -0.206. The van der Waals surface area contributed by atoms with Gasteiger partial charge in [0.25, 0.3) is 0 Å². The van der Waals surface area contributed by atoms with E-state index in [1.807, 2.05) is 41.5 Å². The zero-order valence-electron chi connectivity index (χ0n) is 32.5. The summed E-state index contributed by atoms with van der Waals surface area (Å²) in [6.45, 7) is 35.4. The smallest absolute Gasteiger partial charge is 0.302 e. The van der Waals surface area contributed by atoms with Crippen LogP contribution in [0.3, 0.4) is 0 Å². The maximum atomic E-state index is 12.0. The molecule has 3 atom stereocenters. The number of hydrogen-bond acceptors (Lipinski definition) is 8. The van der Waals surface area contributed by atoms with E-state index in [1.165, 1.54) is 44.8 Å². The van der Waals surface area contributed by atoms with E-state index in [4.69, 9.17) is 18.9 Å². The third-order valence-electron chi connectivity index (χ3n) is 9.78. The molecule has 8 nitrogen and oxygen atoms in total. The normalized spacial score (nSPS) is 17.5. The van der Waals surface area contributed by atoms with E-state index in [9.17, 15) is 15.0 Å². The van der Waals surface area contributed by atoms with Crippen LogP contribution in [0.2, 0.25) is 0 Å². The topological polar surface area (TPSA) is 97.7 Å². The fraction of sp³-hybridized carbons (Fsp3) is 0.921. The van der Waals surface area contributed by atoms with Crippen molar-refractivity contribution in [2.45, 2.75) is 171 Å². The van der Waals surface area contributed by atoms with Crippen molar-refractivity contribution < 1.29 is 34.0 Å². The number of allylic oxidation sites excluding steroid dienone is 1. The predicted molar refractivity (Wildman–Crippen MR) is 190 cm³/mol. The molecule has 0 saturated carbocycles. The molecule has 274 valence electrons. The van der Waals surface area contributed by atoms with Crippen LogP contribution in [-0.4, -0.2) is 90.1 Å². The summed E-state index contributed by atoms with van der Waals surface area (Å²) in [7, 11) is 0. The highest BCUT2D eigenvalue weighted by Crippen LogP contribution is 2.43. The molecule has 0 amide bonds. The second-order valence-corrected chi connectivity index (χ2v) is 16.8. The Labute approximate surface area is 284 Å². The van der Waals surface area contributed by atoms with Gasteiger partial charge in [-0.2, -0.15) is 0 Å². The number of aliphatic hydroxyl groups is 2. The molecule has 0 radical (unpaired) electrons. The van der Waals surface area contributed by atoms with Crippen molar-refractivity contribution in [1.82, 2.24) is 4.90 Å². The van der Waals surface area contributed by atoms with Crippen LogP contribution in [0, 0.1) is 16.2 Å². The average molecular weight is 658 g/mol. The number of nitrogens with zero attached hydrogens (tertiary/aromatic N) is 1.